The average Bonchev–Trinajstić information content (AvgIpc) is 1.40. The van der Waals surface area contributed by atoms with Gasteiger partial charge in [-0.05, 0) is 352 Å². The molecule has 2 heteroatoms. The van der Waals surface area contributed by atoms with Gasteiger partial charge in [-0.2, -0.15) is 0 Å². The SMILES string of the molecule is O=C(CC1C23c4c5c6c7c8c9c(c%10c%11c2c2c4c4c%12c5c5c6c6c8c8c%13c9c9c%10c%10c%11c%11c2c2c4c4c%12c%12c5c5c6c8c6c8c%13c9c9c%10c%10c%11c2c2c4c4c%12c5c6c5c8c9c%10c2c45)C713)Nc1ccc2ccc3cccc4ccc1c2c34. The van der Waals surface area contributed by atoms with Gasteiger partial charge in [0, 0.05) is 28.3 Å². The van der Waals surface area contributed by atoms with Gasteiger partial charge in [0.05, 0.1) is 0 Å². The minimum atomic E-state index is -0.363. The Morgan fingerprint density at radius 1 is 0.259 bits per heavy atom. The van der Waals surface area contributed by atoms with Crippen LogP contribution >= 0.6 is 0 Å². The number of anilines is 1. The predicted octanol–water partition coefficient (Wildman–Crippen LogP) is 20.9. The number of carbonyl (C=O) groups is 1. The van der Waals surface area contributed by atoms with Crippen molar-refractivity contribution in [2.45, 2.75) is 17.3 Å². The lowest BCUT2D eigenvalue weighted by atomic mass is 9.68. The number of nitrogens with one attached hydrogen (secondary N) is 1. The summed E-state index contributed by atoms with van der Waals surface area (Å²) in [5.74, 6) is 0.240. The molecule has 0 bridgehead atoms. The van der Waals surface area contributed by atoms with Gasteiger partial charge in [-0.3, -0.25) is 4.79 Å². The highest BCUT2D eigenvalue weighted by atomic mass is 16.1. The van der Waals surface area contributed by atoms with E-state index in [0.717, 1.165) is 11.1 Å². The van der Waals surface area contributed by atoms with Crippen molar-refractivity contribution in [3.63, 3.8) is 0 Å². The normalized spacial score (nSPS) is 21.9. The zero-order valence-electron chi connectivity index (χ0n) is 41.4. The van der Waals surface area contributed by atoms with Crippen molar-refractivity contribution in [2.75, 3.05) is 5.32 Å². The Hall–Kier alpha value is -10.2. The largest absolute Gasteiger partial charge is 0.326 e. The fourth-order valence-electron chi connectivity index (χ4n) is 28.2. The van der Waals surface area contributed by atoms with Crippen LogP contribution in [-0.2, 0) is 15.6 Å². The summed E-state index contributed by atoms with van der Waals surface area (Å²) in [6.45, 7) is 0. The highest BCUT2D eigenvalue weighted by Crippen LogP contribution is 2.93. The van der Waals surface area contributed by atoms with Crippen LogP contribution in [0.4, 0.5) is 5.69 Å². The average molecular weight is 992 g/mol. The molecule has 1 N–H and O–H groups in total. The van der Waals surface area contributed by atoms with E-state index in [1.807, 2.05) is 0 Å². The van der Waals surface area contributed by atoms with E-state index in [2.05, 4.69) is 59.9 Å². The first kappa shape index (κ1) is 30.9. The van der Waals surface area contributed by atoms with Gasteiger partial charge in [0.25, 0.3) is 0 Å². The first-order chi connectivity index (χ1) is 40.3. The second-order valence-corrected chi connectivity index (χ2v) is 29.1. The molecule has 340 valence electrons. The molecule has 0 radical (unpaired) electrons. The second-order valence-electron chi connectivity index (χ2n) is 29.1. The van der Waals surface area contributed by atoms with E-state index in [-0.39, 0.29) is 22.7 Å². The molecule has 1 amide bonds. The Morgan fingerprint density at radius 2 is 0.481 bits per heavy atom. The van der Waals surface area contributed by atoms with E-state index >= 15 is 4.79 Å². The van der Waals surface area contributed by atoms with Crippen LogP contribution in [0.5, 0.6) is 0 Å². The van der Waals surface area contributed by atoms with Crippen LogP contribution in [0.3, 0.4) is 0 Å². The molecule has 32 aromatic carbocycles. The van der Waals surface area contributed by atoms with Crippen molar-refractivity contribution in [3.05, 3.63) is 76.9 Å². The molecule has 81 heavy (non-hydrogen) atoms. The van der Waals surface area contributed by atoms with Crippen LogP contribution in [-0.4, -0.2) is 5.91 Å². The van der Waals surface area contributed by atoms with Gasteiger partial charge in [0.2, 0.25) is 5.91 Å². The van der Waals surface area contributed by atoms with Crippen molar-refractivity contribution in [1.29, 1.82) is 0 Å². The molecule has 0 atom stereocenters. The molecule has 37 rings (SSSR count). The van der Waals surface area contributed by atoms with Crippen LogP contribution < -0.4 is 5.32 Å². The predicted molar refractivity (Wildman–Crippen MR) is 341 cm³/mol. The fourth-order valence-corrected chi connectivity index (χ4v) is 28.2. The summed E-state index contributed by atoms with van der Waals surface area (Å²) in [6.07, 6.45) is 0.486. The Morgan fingerprint density at radius 3 is 0.753 bits per heavy atom. The standard InChI is InChI=1S/C79H13NO/c81-17(80-15-9-7-13-5-4-11-2-1-3-12-6-8-14(15)19(13)18(11)12)10-16-78-74-66-58-48-38-30-22-20-21-24-28-26(22)34-42-36(28)46-40-32(24)33-25(21)29-27-23(20)31(30)39-45-35(27)43-37(29)47-41(33)51-50(40)60-54(46)64-56(42)62(52(58)44(34)38)70(74)72(64)76-68(60)69-61(51)55(47)65-57(43)63-53(45)59(49(39)48)67(66)75(78)71(63)73(65)77(69)79(16,76)78/h1-9,16H,10H2,(H,80,81). The molecular formula is C79H13NO. The lowest BCUT2D eigenvalue weighted by molar-refractivity contribution is -0.116. The molecular weight excluding hydrogens is 979 g/mol. The Balaban J connectivity index is 0.887. The van der Waals surface area contributed by atoms with E-state index in [1.165, 1.54) is 26.9 Å². The van der Waals surface area contributed by atoms with Crippen molar-refractivity contribution in [1.82, 2.24) is 0 Å². The molecule has 0 unspecified atom stereocenters. The number of benzene rings is 22. The van der Waals surface area contributed by atoms with Crippen LogP contribution in [0, 0.1) is 5.92 Å². The smallest absolute Gasteiger partial charge is 0.224 e. The Kier molecular flexibility index (Phi) is 2.76. The monoisotopic (exact) mass is 991 g/mol. The van der Waals surface area contributed by atoms with E-state index in [4.69, 9.17) is 0 Å². The van der Waals surface area contributed by atoms with Crippen LogP contribution in [0.2, 0.25) is 0 Å². The third kappa shape index (κ3) is 1.77. The molecule has 5 aliphatic rings. The number of carbonyl (C=O) groups excluding carboxylic acids is 1. The Bertz CT molecular complexity index is 7940. The van der Waals surface area contributed by atoms with Gasteiger partial charge < -0.3 is 5.32 Å². The highest BCUT2D eigenvalue weighted by molar-refractivity contribution is 6.82. The van der Waals surface area contributed by atoms with Gasteiger partial charge in [-0.1, -0.05) is 48.5 Å². The van der Waals surface area contributed by atoms with Crippen molar-refractivity contribution in [2.24, 2.45) is 5.92 Å². The summed E-state index contributed by atoms with van der Waals surface area (Å²) in [5, 5.41) is 98.7. The zero-order chi connectivity index (χ0) is 48.5. The number of rotatable bonds is 3. The molecule has 1 saturated carbocycles. The zero-order valence-corrected chi connectivity index (χ0v) is 41.4. The lowest BCUT2D eigenvalue weighted by Gasteiger charge is -2.33. The third-order valence-electron chi connectivity index (χ3n) is 28.6. The molecule has 5 aliphatic carbocycles. The molecule has 2 nitrogen and oxygen atoms in total. The lowest BCUT2D eigenvalue weighted by Crippen LogP contribution is -2.27. The molecule has 2 spiro atoms. The van der Waals surface area contributed by atoms with Gasteiger partial charge in [0.1, 0.15) is 0 Å². The van der Waals surface area contributed by atoms with Crippen molar-refractivity contribution < 1.29 is 4.79 Å². The van der Waals surface area contributed by atoms with Gasteiger partial charge in [-0.25, -0.2) is 0 Å². The summed E-state index contributed by atoms with van der Waals surface area (Å²) in [6, 6.07) is 20.2. The third-order valence-corrected chi connectivity index (χ3v) is 28.6. The maximum absolute atomic E-state index is 16.3. The minimum Gasteiger partial charge on any atom is -0.326 e. The molecule has 1 fully saturated rings. The summed E-state index contributed by atoms with van der Waals surface area (Å²) < 4.78 is 0. The van der Waals surface area contributed by atoms with Crippen LogP contribution in [0.15, 0.2) is 54.6 Å². The highest BCUT2D eigenvalue weighted by Gasteiger charge is 2.86. The first-order valence-corrected chi connectivity index (χ1v) is 30.0. The number of hydrogen-bond acceptors (Lipinski definition) is 1. The molecule has 32 aromatic rings. The fraction of sp³-hybridized carbons (Fsp3) is 0.0506. The maximum Gasteiger partial charge on any atom is 0.224 e. The van der Waals surface area contributed by atoms with Crippen molar-refractivity contribution >= 4 is 335 Å². The quantitative estimate of drug-likeness (QED) is 0.176. The van der Waals surface area contributed by atoms with E-state index < -0.39 is 0 Å². The molecule has 0 heterocycles. The van der Waals surface area contributed by atoms with E-state index in [1.54, 1.807) is 313 Å². The summed E-state index contributed by atoms with van der Waals surface area (Å²) in [7, 11) is 0. The van der Waals surface area contributed by atoms with Crippen LogP contribution in [0.25, 0.3) is 323 Å². The molecule has 0 saturated heterocycles. The second kappa shape index (κ2) is 7.24. The minimum absolute atomic E-state index is 0.0679. The van der Waals surface area contributed by atoms with Crippen LogP contribution in [0.1, 0.15) is 28.7 Å². The topological polar surface area (TPSA) is 29.1 Å². The summed E-state index contributed by atoms with van der Waals surface area (Å²) >= 11 is 0. The maximum atomic E-state index is 16.3. The van der Waals surface area contributed by atoms with Gasteiger partial charge in [0.15, 0.2) is 0 Å². The summed E-state index contributed by atoms with van der Waals surface area (Å²) in [4.78, 5) is 16.3. The number of hydrogen-bond donors (Lipinski definition) is 1. The van der Waals surface area contributed by atoms with Gasteiger partial charge in [-0.15, -0.1) is 0 Å². The van der Waals surface area contributed by atoms with Gasteiger partial charge >= 0.3 is 0 Å². The van der Waals surface area contributed by atoms with E-state index in [0.29, 0.717) is 6.42 Å². The first-order valence-electron chi connectivity index (χ1n) is 30.0. The molecule has 0 aromatic heterocycles. The molecule has 0 aliphatic heterocycles. The number of amides is 1. The van der Waals surface area contributed by atoms with E-state index in [9.17, 15) is 0 Å². The van der Waals surface area contributed by atoms with Crippen molar-refractivity contribution in [3.8, 4) is 0 Å². The Labute approximate surface area is 442 Å². The summed E-state index contributed by atoms with van der Waals surface area (Å²) in [5.41, 5.74) is 6.88.